The van der Waals surface area contributed by atoms with Crippen LogP contribution in [-0.4, -0.2) is 80.2 Å². The summed E-state index contributed by atoms with van der Waals surface area (Å²) in [5.41, 5.74) is 5.00. The van der Waals surface area contributed by atoms with Gasteiger partial charge in [0.15, 0.2) is 0 Å². The van der Waals surface area contributed by atoms with Crippen molar-refractivity contribution in [2.75, 3.05) is 64.3 Å². The Bertz CT molecular complexity index is 947. The van der Waals surface area contributed by atoms with Crippen LogP contribution in [0, 0.1) is 0 Å². The van der Waals surface area contributed by atoms with Crippen molar-refractivity contribution in [3.8, 4) is 11.3 Å². The van der Waals surface area contributed by atoms with Crippen LogP contribution in [0.3, 0.4) is 0 Å². The summed E-state index contributed by atoms with van der Waals surface area (Å²) in [6.45, 7) is 9.38. The Morgan fingerprint density at radius 1 is 0.903 bits per heavy atom. The second-order valence-corrected chi connectivity index (χ2v) is 9.18. The summed E-state index contributed by atoms with van der Waals surface area (Å²) in [7, 11) is 2.22. The van der Waals surface area contributed by atoms with Gasteiger partial charge in [0.05, 0.1) is 0 Å². The summed E-state index contributed by atoms with van der Waals surface area (Å²) in [5, 5.41) is 5.09. The van der Waals surface area contributed by atoms with E-state index in [2.05, 4.69) is 86.6 Å². The topological polar surface area (TPSA) is 37.5 Å². The molecule has 2 N–H and O–H groups in total. The van der Waals surface area contributed by atoms with Gasteiger partial charge in [-0.05, 0) is 49.7 Å². The third-order valence-electron chi connectivity index (χ3n) is 7.00. The smallest absolute Gasteiger partial charge is 0.0465 e. The summed E-state index contributed by atoms with van der Waals surface area (Å²) in [4.78, 5) is 11.1. The van der Waals surface area contributed by atoms with Crippen LogP contribution in [0.2, 0.25) is 0 Å². The molecule has 1 aromatic heterocycles. The molecule has 0 amide bonds. The van der Waals surface area contributed by atoms with Crippen LogP contribution in [0.25, 0.3) is 22.2 Å². The molecule has 164 valence electrons. The van der Waals surface area contributed by atoms with Crippen molar-refractivity contribution in [1.82, 2.24) is 20.1 Å². The molecule has 0 unspecified atom stereocenters. The highest BCUT2D eigenvalue weighted by Crippen LogP contribution is 2.28. The van der Waals surface area contributed by atoms with Crippen molar-refractivity contribution in [3.63, 3.8) is 0 Å². The molecule has 0 bridgehead atoms. The molecule has 5 heteroatoms. The van der Waals surface area contributed by atoms with Gasteiger partial charge in [-0.15, -0.1) is 0 Å². The van der Waals surface area contributed by atoms with Crippen LogP contribution in [0.4, 0.5) is 5.69 Å². The van der Waals surface area contributed by atoms with Crippen LogP contribution in [0.5, 0.6) is 0 Å². The van der Waals surface area contributed by atoms with E-state index in [0.29, 0.717) is 6.04 Å². The Morgan fingerprint density at radius 3 is 2.52 bits per heavy atom. The largest absolute Gasteiger partial charge is 0.371 e. The van der Waals surface area contributed by atoms with E-state index in [1.165, 1.54) is 73.4 Å². The van der Waals surface area contributed by atoms with Gasteiger partial charge in [0, 0.05) is 80.7 Å². The summed E-state index contributed by atoms with van der Waals surface area (Å²) in [6.07, 6.45) is 2.44. The summed E-state index contributed by atoms with van der Waals surface area (Å²) in [5.74, 6) is 0. The van der Waals surface area contributed by atoms with Gasteiger partial charge in [-0.25, -0.2) is 0 Å². The molecule has 3 heterocycles. The van der Waals surface area contributed by atoms with Crippen molar-refractivity contribution < 1.29 is 0 Å². The summed E-state index contributed by atoms with van der Waals surface area (Å²) < 4.78 is 0. The first-order valence-corrected chi connectivity index (χ1v) is 11.8. The predicted molar refractivity (Wildman–Crippen MR) is 131 cm³/mol. The Hall–Kier alpha value is -2.34. The van der Waals surface area contributed by atoms with Gasteiger partial charge < -0.3 is 20.1 Å². The van der Waals surface area contributed by atoms with Crippen LogP contribution < -0.4 is 10.2 Å². The summed E-state index contributed by atoms with van der Waals surface area (Å²) in [6, 6.07) is 20.4. The Balaban J connectivity index is 1.13. The molecule has 0 atom stereocenters. The fraction of sp³-hybridized carbons (Fsp3) is 0.462. The number of hydrogen-bond donors (Lipinski definition) is 2. The molecule has 0 radical (unpaired) electrons. The number of para-hydroxylation sites is 1. The molecule has 0 saturated carbocycles. The van der Waals surface area contributed by atoms with Crippen LogP contribution in [-0.2, 0) is 0 Å². The second kappa shape index (κ2) is 9.43. The molecule has 5 nitrogen and oxygen atoms in total. The highest BCUT2D eigenvalue weighted by Gasteiger charge is 2.20. The summed E-state index contributed by atoms with van der Waals surface area (Å²) >= 11 is 0. The minimum absolute atomic E-state index is 0.653. The lowest BCUT2D eigenvalue weighted by molar-refractivity contribution is 0.153. The van der Waals surface area contributed by atoms with Crippen molar-refractivity contribution in [2.45, 2.75) is 18.9 Å². The highest BCUT2D eigenvalue weighted by atomic mass is 15.2. The lowest BCUT2D eigenvalue weighted by atomic mass is 10.0. The van der Waals surface area contributed by atoms with Gasteiger partial charge in [-0.3, -0.25) is 4.90 Å². The lowest BCUT2D eigenvalue weighted by Crippen LogP contribution is -2.48. The number of aromatic nitrogens is 1. The van der Waals surface area contributed by atoms with Gasteiger partial charge >= 0.3 is 0 Å². The number of piperidine rings is 1. The Kier molecular flexibility index (Phi) is 6.25. The van der Waals surface area contributed by atoms with Crippen molar-refractivity contribution in [3.05, 3.63) is 54.6 Å². The minimum atomic E-state index is 0.653. The number of rotatable bonds is 6. The number of hydrogen-bond acceptors (Lipinski definition) is 4. The zero-order valence-electron chi connectivity index (χ0n) is 18.7. The molecule has 2 aliphatic rings. The zero-order valence-corrected chi connectivity index (χ0v) is 18.7. The van der Waals surface area contributed by atoms with E-state index in [0.717, 1.165) is 19.6 Å². The number of H-pyrrole nitrogens is 1. The van der Waals surface area contributed by atoms with Gasteiger partial charge in [0.2, 0.25) is 0 Å². The van der Waals surface area contributed by atoms with Crippen molar-refractivity contribution in [1.29, 1.82) is 0 Å². The predicted octanol–water partition coefficient (Wildman–Crippen LogP) is 3.64. The first-order chi connectivity index (χ1) is 15.2. The van der Waals surface area contributed by atoms with E-state index in [9.17, 15) is 0 Å². The molecule has 31 heavy (non-hydrogen) atoms. The average molecular weight is 418 g/mol. The quantitative estimate of drug-likeness (QED) is 0.642. The maximum absolute atomic E-state index is 3.82. The number of benzene rings is 2. The lowest BCUT2D eigenvalue weighted by Gasteiger charge is -2.35. The van der Waals surface area contributed by atoms with E-state index in [-0.39, 0.29) is 0 Å². The molecule has 3 aromatic rings. The molecule has 2 aromatic carbocycles. The first-order valence-electron chi connectivity index (χ1n) is 11.8. The van der Waals surface area contributed by atoms with Crippen LogP contribution >= 0.6 is 0 Å². The van der Waals surface area contributed by atoms with Gasteiger partial charge in [0.25, 0.3) is 0 Å². The van der Waals surface area contributed by atoms with Crippen molar-refractivity contribution in [2.24, 2.45) is 0 Å². The van der Waals surface area contributed by atoms with Gasteiger partial charge in [-0.1, -0.05) is 30.3 Å². The number of piperazine rings is 1. The molecular formula is C26H35N5. The van der Waals surface area contributed by atoms with E-state index in [1.54, 1.807) is 0 Å². The van der Waals surface area contributed by atoms with Gasteiger partial charge in [0.1, 0.15) is 0 Å². The van der Waals surface area contributed by atoms with E-state index in [1.807, 2.05) is 0 Å². The maximum atomic E-state index is 3.82. The number of fused-ring (bicyclic) bond motifs is 1. The highest BCUT2D eigenvalue weighted by molar-refractivity contribution is 5.86. The number of likely N-dealkylation sites (N-methyl/N-ethyl adjacent to an activating group) is 1. The third-order valence-corrected chi connectivity index (χ3v) is 7.00. The molecule has 2 aliphatic heterocycles. The number of nitrogens with one attached hydrogen (secondary N) is 2. The van der Waals surface area contributed by atoms with Crippen LogP contribution in [0.15, 0.2) is 54.6 Å². The fourth-order valence-corrected chi connectivity index (χ4v) is 4.94. The monoisotopic (exact) mass is 417 g/mol. The number of aromatic amines is 1. The standard InChI is InChI=1S/C26H35N5/c1-29-15-17-30(18-16-29)14-11-27-23-9-12-31(13-10-23)24-7-4-6-21(19-24)26-20-22-5-2-3-8-25(22)28-26/h2-8,19-20,23,27-28H,9-18H2,1H3. The SMILES string of the molecule is CN1CCN(CCNC2CCN(c3cccc(-c4cc5ccccc5[nH]4)c3)CC2)CC1. The molecule has 2 fully saturated rings. The molecule has 5 rings (SSSR count). The zero-order chi connectivity index (χ0) is 21.0. The van der Waals surface area contributed by atoms with E-state index < -0.39 is 0 Å². The average Bonchev–Trinajstić information content (AvgIpc) is 3.25. The van der Waals surface area contributed by atoms with Crippen molar-refractivity contribution >= 4 is 16.6 Å². The fourth-order valence-electron chi connectivity index (χ4n) is 4.94. The second-order valence-electron chi connectivity index (χ2n) is 9.18. The third kappa shape index (κ3) is 4.95. The molecular weight excluding hydrogens is 382 g/mol. The normalized spacial score (nSPS) is 19.3. The molecule has 0 aliphatic carbocycles. The Morgan fingerprint density at radius 2 is 1.71 bits per heavy atom. The first kappa shape index (κ1) is 20.6. The van der Waals surface area contributed by atoms with E-state index in [4.69, 9.17) is 0 Å². The number of nitrogens with zero attached hydrogens (tertiary/aromatic N) is 3. The minimum Gasteiger partial charge on any atom is -0.371 e. The maximum Gasteiger partial charge on any atom is 0.0465 e. The van der Waals surface area contributed by atoms with Gasteiger partial charge in [-0.2, -0.15) is 0 Å². The Labute approximate surface area is 186 Å². The van der Waals surface area contributed by atoms with E-state index >= 15 is 0 Å². The molecule has 0 spiro atoms. The number of anilines is 1. The van der Waals surface area contributed by atoms with Crippen LogP contribution in [0.1, 0.15) is 12.8 Å². The molecule has 2 saturated heterocycles.